The van der Waals surface area contributed by atoms with Gasteiger partial charge in [0.15, 0.2) is 5.78 Å². The van der Waals surface area contributed by atoms with Gasteiger partial charge in [0.25, 0.3) is 0 Å². The highest BCUT2D eigenvalue weighted by Gasteiger charge is 2.53. The van der Waals surface area contributed by atoms with E-state index >= 15 is 0 Å². The van der Waals surface area contributed by atoms with Crippen molar-refractivity contribution in [1.29, 1.82) is 0 Å². The number of aliphatic hydroxyl groups excluding tert-OH is 1. The molecule has 20 heavy (non-hydrogen) atoms. The van der Waals surface area contributed by atoms with Crippen molar-refractivity contribution in [3.05, 3.63) is 0 Å². The Hall–Kier alpha value is -0.660. The smallest absolute Gasteiger partial charge is 0.395 e. The van der Waals surface area contributed by atoms with E-state index in [2.05, 4.69) is 0 Å². The van der Waals surface area contributed by atoms with Gasteiger partial charge in [0.1, 0.15) is 5.60 Å². The Bertz CT molecular complexity index is 366. The highest BCUT2D eigenvalue weighted by atomic mass is 19.4. The molecule has 0 bridgehead atoms. The maximum atomic E-state index is 12.5. The largest absolute Gasteiger partial charge is 0.401 e. The molecule has 0 aromatic heterocycles. The summed E-state index contributed by atoms with van der Waals surface area (Å²) < 4.78 is 43.2. The summed E-state index contributed by atoms with van der Waals surface area (Å²) in [6, 6.07) is 0. The number of alkyl halides is 3. The normalized spacial score (nSPS) is 25.4. The minimum absolute atomic E-state index is 0.0741. The molecule has 0 amide bonds. The number of Topliss-reactive ketones (excluding diaryl/α,β-unsaturated/α-hetero) is 1. The van der Waals surface area contributed by atoms with Crippen molar-refractivity contribution in [2.75, 3.05) is 26.2 Å². The van der Waals surface area contributed by atoms with E-state index in [1.54, 1.807) is 27.7 Å². The molecular formula is C13H22F3NO3. The summed E-state index contributed by atoms with van der Waals surface area (Å²) in [6.45, 7) is 4.92. The van der Waals surface area contributed by atoms with Gasteiger partial charge in [0.05, 0.1) is 24.7 Å². The lowest BCUT2D eigenvalue weighted by molar-refractivity contribution is -0.151. The zero-order valence-electron chi connectivity index (χ0n) is 12.3. The van der Waals surface area contributed by atoms with Crippen LogP contribution in [0.2, 0.25) is 0 Å². The number of ketones is 1. The van der Waals surface area contributed by atoms with Crippen molar-refractivity contribution >= 4 is 5.78 Å². The first-order chi connectivity index (χ1) is 8.89. The highest BCUT2D eigenvalue weighted by Crippen LogP contribution is 2.39. The standard InChI is InChI=1S/C13H22F3NO3/c1-11(2)9(10(19)12(3,4)20-11)7-17(5-6-18)8-13(14,15)16/h9,18H,5-8H2,1-4H3. The van der Waals surface area contributed by atoms with E-state index in [1.165, 1.54) is 0 Å². The zero-order chi connectivity index (χ0) is 15.8. The summed E-state index contributed by atoms with van der Waals surface area (Å²) in [6.07, 6.45) is -4.36. The maximum absolute atomic E-state index is 12.5. The number of rotatable bonds is 5. The van der Waals surface area contributed by atoms with Crippen LogP contribution in [0.15, 0.2) is 0 Å². The lowest BCUT2D eigenvalue weighted by atomic mass is 9.85. The minimum atomic E-state index is -4.36. The minimum Gasteiger partial charge on any atom is -0.395 e. The van der Waals surface area contributed by atoms with Gasteiger partial charge >= 0.3 is 6.18 Å². The van der Waals surface area contributed by atoms with Crippen LogP contribution in [-0.2, 0) is 9.53 Å². The molecule has 1 fully saturated rings. The molecule has 0 saturated carbocycles. The Balaban J connectivity index is 2.84. The summed E-state index contributed by atoms with van der Waals surface area (Å²) >= 11 is 0. The van der Waals surface area contributed by atoms with Crippen molar-refractivity contribution < 1.29 is 27.8 Å². The number of ether oxygens (including phenoxy) is 1. The molecular weight excluding hydrogens is 275 g/mol. The van der Waals surface area contributed by atoms with Gasteiger partial charge in [-0.2, -0.15) is 13.2 Å². The number of halogens is 3. The molecule has 118 valence electrons. The summed E-state index contributed by atoms with van der Waals surface area (Å²) in [5, 5.41) is 8.88. The number of aliphatic hydroxyl groups is 1. The summed E-state index contributed by atoms with van der Waals surface area (Å²) in [7, 11) is 0. The van der Waals surface area contributed by atoms with Crippen LogP contribution in [0.3, 0.4) is 0 Å². The van der Waals surface area contributed by atoms with E-state index in [0.717, 1.165) is 4.90 Å². The fraction of sp³-hybridized carbons (Fsp3) is 0.923. The molecule has 1 aliphatic rings. The first-order valence-corrected chi connectivity index (χ1v) is 6.53. The van der Waals surface area contributed by atoms with E-state index < -0.39 is 29.8 Å². The third-order valence-corrected chi connectivity index (χ3v) is 3.53. The number of hydrogen-bond donors (Lipinski definition) is 1. The van der Waals surface area contributed by atoms with Crippen molar-refractivity contribution in [1.82, 2.24) is 4.90 Å². The Labute approximate surface area is 116 Å². The highest BCUT2D eigenvalue weighted by molar-refractivity contribution is 5.91. The van der Waals surface area contributed by atoms with E-state index in [4.69, 9.17) is 9.84 Å². The van der Waals surface area contributed by atoms with Crippen LogP contribution in [0, 0.1) is 5.92 Å². The fourth-order valence-corrected chi connectivity index (χ4v) is 2.71. The number of carbonyl (C=O) groups excluding carboxylic acids is 1. The van der Waals surface area contributed by atoms with Crippen LogP contribution in [0.5, 0.6) is 0 Å². The van der Waals surface area contributed by atoms with Gasteiger partial charge in [-0.25, -0.2) is 0 Å². The maximum Gasteiger partial charge on any atom is 0.401 e. The van der Waals surface area contributed by atoms with Gasteiger partial charge in [-0.1, -0.05) is 0 Å². The predicted octanol–water partition coefficient (Wildman–Crippen LogP) is 1.62. The van der Waals surface area contributed by atoms with E-state index in [-0.39, 0.29) is 25.5 Å². The summed E-state index contributed by atoms with van der Waals surface area (Å²) in [4.78, 5) is 13.3. The number of carbonyl (C=O) groups is 1. The zero-order valence-corrected chi connectivity index (χ0v) is 12.3. The van der Waals surface area contributed by atoms with Crippen molar-refractivity contribution in [2.24, 2.45) is 5.92 Å². The first-order valence-electron chi connectivity index (χ1n) is 6.53. The molecule has 1 N–H and O–H groups in total. The van der Waals surface area contributed by atoms with Crippen LogP contribution in [0.4, 0.5) is 13.2 Å². The molecule has 0 aliphatic carbocycles. The van der Waals surface area contributed by atoms with Crippen molar-refractivity contribution in [3.8, 4) is 0 Å². The van der Waals surface area contributed by atoms with E-state index in [9.17, 15) is 18.0 Å². The summed E-state index contributed by atoms with van der Waals surface area (Å²) in [5.41, 5.74) is -1.81. The molecule has 7 heteroatoms. The lowest BCUT2D eigenvalue weighted by Crippen LogP contribution is -2.45. The molecule has 0 aromatic rings. The van der Waals surface area contributed by atoms with E-state index in [0.29, 0.717) is 0 Å². The van der Waals surface area contributed by atoms with Gasteiger partial charge in [-0.3, -0.25) is 9.69 Å². The van der Waals surface area contributed by atoms with Crippen LogP contribution < -0.4 is 0 Å². The Morgan fingerprint density at radius 2 is 1.85 bits per heavy atom. The van der Waals surface area contributed by atoms with Crippen LogP contribution in [-0.4, -0.2) is 59.4 Å². The average molecular weight is 297 g/mol. The van der Waals surface area contributed by atoms with Gasteiger partial charge in [-0.15, -0.1) is 0 Å². The van der Waals surface area contributed by atoms with Gasteiger partial charge in [0, 0.05) is 13.1 Å². The molecule has 0 spiro atoms. The monoisotopic (exact) mass is 297 g/mol. The molecule has 1 rings (SSSR count). The molecule has 4 nitrogen and oxygen atoms in total. The number of nitrogens with zero attached hydrogens (tertiary/aromatic N) is 1. The van der Waals surface area contributed by atoms with Gasteiger partial charge < -0.3 is 9.84 Å². The Morgan fingerprint density at radius 1 is 1.30 bits per heavy atom. The topological polar surface area (TPSA) is 49.8 Å². The Kier molecular flexibility index (Phi) is 4.88. The second-order valence-electron chi connectivity index (χ2n) is 6.21. The van der Waals surface area contributed by atoms with Crippen molar-refractivity contribution in [2.45, 2.75) is 45.1 Å². The Morgan fingerprint density at radius 3 is 2.20 bits per heavy atom. The SMILES string of the molecule is CC1(C)OC(C)(C)C(CN(CCO)CC(F)(F)F)C1=O. The molecule has 1 unspecified atom stereocenters. The average Bonchev–Trinajstić information content (AvgIpc) is 2.34. The second-order valence-corrected chi connectivity index (χ2v) is 6.21. The van der Waals surface area contributed by atoms with Crippen LogP contribution >= 0.6 is 0 Å². The molecule has 1 saturated heterocycles. The predicted molar refractivity (Wildman–Crippen MR) is 67.3 cm³/mol. The fourth-order valence-electron chi connectivity index (χ4n) is 2.71. The third-order valence-electron chi connectivity index (χ3n) is 3.53. The molecule has 1 heterocycles. The van der Waals surface area contributed by atoms with Crippen LogP contribution in [0.1, 0.15) is 27.7 Å². The number of hydrogen-bond acceptors (Lipinski definition) is 4. The summed E-state index contributed by atoms with van der Waals surface area (Å²) in [5.74, 6) is -0.848. The molecule has 0 radical (unpaired) electrons. The lowest BCUT2D eigenvalue weighted by Gasteiger charge is -2.30. The molecule has 1 atom stereocenters. The third kappa shape index (κ3) is 4.17. The van der Waals surface area contributed by atoms with Gasteiger partial charge in [-0.05, 0) is 27.7 Å². The molecule has 1 aliphatic heterocycles. The second kappa shape index (κ2) is 5.61. The van der Waals surface area contributed by atoms with Crippen LogP contribution in [0.25, 0.3) is 0 Å². The van der Waals surface area contributed by atoms with E-state index in [1.807, 2.05) is 0 Å². The quantitative estimate of drug-likeness (QED) is 0.838. The molecule has 0 aromatic carbocycles. The van der Waals surface area contributed by atoms with Gasteiger partial charge in [0.2, 0.25) is 0 Å². The first kappa shape index (κ1) is 17.4. The van der Waals surface area contributed by atoms with Crippen molar-refractivity contribution in [3.63, 3.8) is 0 Å².